The lowest BCUT2D eigenvalue weighted by atomic mass is 10.1. The van der Waals surface area contributed by atoms with E-state index in [9.17, 15) is 9.59 Å². The van der Waals surface area contributed by atoms with Crippen molar-refractivity contribution in [2.75, 3.05) is 16.8 Å². The summed E-state index contributed by atoms with van der Waals surface area (Å²) in [6, 6.07) is 30.6. The lowest BCUT2D eigenvalue weighted by Gasteiger charge is -2.23. The van der Waals surface area contributed by atoms with Crippen molar-refractivity contribution in [3.05, 3.63) is 114 Å². The fourth-order valence-electron chi connectivity index (χ4n) is 3.64. The lowest BCUT2D eigenvalue weighted by molar-refractivity contribution is -0.111. The molecular formula is C28H24N2O2. The van der Waals surface area contributed by atoms with Crippen LogP contribution in [0.3, 0.4) is 0 Å². The fraction of sp³-hybridized carbons (Fsp3) is 0.0714. The third-order valence-electron chi connectivity index (χ3n) is 5.24. The molecule has 0 spiro atoms. The second kappa shape index (κ2) is 9.75. The van der Waals surface area contributed by atoms with E-state index < -0.39 is 0 Å². The maximum Gasteiger partial charge on any atom is 0.258 e. The van der Waals surface area contributed by atoms with Crippen LogP contribution in [0.1, 0.15) is 22.8 Å². The highest BCUT2D eigenvalue weighted by Gasteiger charge is 2.18. The molecule has 0 saturated heterocycles. The molecule has 0 unspecified atom stereocenters. The number of fused-ring (bicyclic) bond motifs is 1. The Morgan fingerprint density at radius 1 is 0.812 bits per heavy atom. The van der Waals surface area contributed by atoms with E-state index in [2.05, 4.69) is 5.32 Å². The van der Waals surface area contributed by atoms with Gasteiger partial charge in [-0.3, -0.25) is 9.59 Å². The first-order valence-electron chi connectivity index (χ1n) is 10.6. The van der Waals surface area contributed by atoms with Gasteiger partial charge in [-0.05, 0) is 54.3 Å². The van der Waals surface area contributed by atoms with Crippen molar-refractivity contribution in [3.8, 4) is 0 Å². The summed E-state index contributed by atoms with van der Waals surface area (Å²) in [4.78, 5) is 27.2. The molecule has 0 aliphatic rings. The first-order chi connectivity index (χ1) is 15.7. The standard InChI is InChI=1S/C28H24N2O2/c1-2-30(26-14-8-12-22-11-6-7-13-25(22)26)28(32)23-16-18-24(19-17-23)29-27(31)20-15-21-9-4-3-5-10-21/h3-20H,2H2,1H3,(H,29,31)/b20-15+. The van der Waals surface area contributed by atoms with E-state index in [0.29, 0.717) is 17.8 Å². The summed E-state index contributed by atoms with van der Waals surface area (Å²) in [5, 5.41) is 4.96. The molecule has 1 N–H and O–H groups in total. The highest BCUT2D eigenvalue weighted by atomic mass is 16.2. The molecule has 32 heavy (non-hydrogen) atoms. The van der Waals surface area contributed by atoms with Crippen molar-refractivity contribution >= 4 is 40.0 Å². The minimum atomic E-state index is -0.223. The van der Waals surface area contributed by atoms with Crippen LogP contribution in [0.25, 0.3) is 16.8 Å². The first kappa shape index (κ1) is 21.1. The van der Waals surface area contributed by atoms with Crippen LogP contribution in [0, 0.1) is 0 Å². The molecule has 0 aliphatic carbocycles. The van der Waals surface area contributed by atoms with Crippen molar-refractivity contribution in [2.45, 2.75) is 6.92 Å². The van der Waals surface area contributed by atoms with E-state index in [1.807, 2.05) is 79.7 Å². The molecule has 4 aromatic carbocycles. The second-order valence-corrected chi connectivity index (χ2v) is 7.36. The monoisotopic (exact) mass is 420 g/mol. The smallest absolute Gasteiger partial charge is 0.258 e. The van der Waals surface area contributed by atoms with Crippen molar-refractivity contribution < 1.29 is 9.59 Å². The highest BCUT2D eigenvalue weighted by Crippen LogP contribution is 2.28. The molecule has 4 nitrogen and oxygen atoms in total. The largest absolute Gasteiger partial charge is 0.323 e. The minimum Gasteiger partial charge on any atom is -0.323 e. The number of hydrogen-bond donors (Lipinski definition) is 1. The van der Waals surface area contributed by atoms with Gasteiger partial charge < -0.3 is 10.2 Å². The number of nitrogens with one attached hydrogen (secondary N) is 1. The maximum atomic E-state index is 13.2. The molecule has 0 atom stereocenters. The molecule has 0 saturated carbocycles. The van der Waals surface area contributed by atoms with Gasteiger partial charge in [0.25, 0.3) is 5.91 Å². The van der Waals surface area contributed by atoms with Gasteiger partial charge in [0.1, 0.15) is 0 Å². The van der Waals surface area contributed by atoms with Crippen LogP contribution >= 0.6 is 0 Å². The summed E-state index contributed by atoms with van der Waals surface area (Å²) in [7, 11) is 0. The van der Waals surface area contributed by atoms with Crippen LogP contribution in [0.2, 0.25) is 0 Å². The highest BCUT2D eigenvalue weighted by molar-refractivity contribution is 6.11. The number of carbonyl (C=O) groups is 2. The van der Waals surface area contributed by atoms with Gasteiger partial charge in [0.15, 0.2) is 0 Å². The Kier molecular flexibility index (Phi) is 6.42. The Morgan fingerprint density at radius 2 is 1.50 bits per heavy atom. The summed E-state index contributed by atoms with van der Waals surface area (Å²) >= 11 is 0. The van der Waals surface area contributed by atoms with Gasteiger partial charge in [-0.2, -0.15) is 0 Å². The molecule has 2 amide bonds. The average Bonchev–Trinajstić information content (AvgIpc) is 2.84. The second-order valence-electron chi connectivity index (χ2n) is 7.36. The first-order valence-corrected chi connectivity index (χ1v) is 10.6. The zero-order valence-electron chi connectivity index (χ0n) is 17.9. The number of hydrogen-bond acceptors (Lipinski definition) is 2. The van der Waals surface area contributed by atoms with Crippen LogP contribution < -0.4 is 10.2 Å². The van der Waals surface area contributed by atoms with Gasteiger partial charge in [-0.1, -0.05) is 66.7 Å². The lowest BCUT2D eigenvalue weighted by Crippen LogP contribution is -2.30. The molecule has 0 bridgehead atoms. The molecule has 158 valence electrons. The van der Waals surface area contributed by atoms with Gasteiger partial charge in [0, 0.05) is 29.3 Å². The van der Waals surface area contributed by atoms with Crippen LogP contribution in [0.15, 0.2) is 103 Å². The Bertz CT molecular complexity index is 1260. The summed E-state index contributed by atoms with van der Waals surface area (Å²) < 4.78 is 0. The van der Waals surface area contributed by atoms with E-state index in [1.54, 1.807) is 35.2 Å². The van der Waals surface area contributed by atoms with E-state index in [4.69, 9.17) is 0 Å². The Labute approximate surface area is 187 Å². The van der Waals surface area contributed by atoms with Crippen LogP contribution in [-0.2, 0) is 4.79 Å². The average molecular weight is 421 g/mol. The summed E-state index contributed by atoms with van der Waals surface area (Å²) in [5.41, 5.74) is 3.05. The van der Waals surface area contributed by atoms with Gasteiger partial charge in [0.05, 0.1) is 5.69 Å². The zero-order chi connectivity index (χ0) is 22.3. The number of nitrogens with zero attached hydrogens (tertiary/aromatic N) is 1. The molecule has 0 radical (unpaired) electrons. The Balaban J connectivity index is 1.48. The number of benzene rings is 4. The van der Waals surface area contributed by atoms with E-state index >= 15 is 0 Å². The third-order valence-corrected chi connectivity index (χ3v) is 5.24. The minimum absolute atomic E-state index is 0.0781. The third kappa shape index (κ3) is 4.76. The van der Waals surface area contributed by atoms with Crippen LogP contribution in [-0.4, -0.2) is 18.4 Å². The quantitative estimate of drug-likeness (QED) is 0.380. The normalized spacial score (nSPS) is 10.9. The SMILES string of the molecule is CCN(C(=O)c1ccc(NC(=O)/C=C/c2ccccc2)cc1)c1cccc2ccccc12. The molecule has 4 aromatic rings. The number of rotatable bonds is 6. The summed E-state index contributed by atoms with van der Waals surface area (Å²) in [5.74, 6) is -0.301. The molecule has 0 aromatic heterocycles. The molecule has 0 heterocycles. The van der Waals surface area contributed by atoms with Gasteiger partial charge in [-0.15, -0.1) is 0 Å². The van der Waals surface area contributed by atoms with E-state index in [1.165, 1.54) is 6.08 Å². The van der Waals surface area contributed by atoms with Crippen LogP contribution in [0.5, 0.6) is 0 Å². The topological polar surface area (TPSA) is 49.4 Å². The molecule has 0 aliphatic heterocycles. The fourth-order valence-corrected chi connectivity index (χ4v) is 3.64. The van der Waals surface area contributed by atoms with Gasteiger partial charge in [0.2, 0.25) is 5.91 Å². The maximum absolute atomic E-state index is 13.2. The van der Waals surface area contributed by atoms with Crippen LogP contribution in [0.4, 0.5) is 11.4 Å². The van der Waals surface area contributed by atoms with Crippen molar-refractivity contribution in [3.63, 3.8) is 0 Å². The summed E-state index contributed by atoms with van der Waals surface area (Å²) in [6.45, 7) is 2.52. The Hall–Kier alpha value is -4.18. The van der Waals surface area contributed by atoms with E-state index in [-0.39, 0.29) is 11.8 Å². The molecular weight excluding hydrogens is 396 g/mol. The summed E-state index contributed by atoms with van der Waals surface area (Å²) in [6.07, 6.45) is 3.25. The molecule has 4 rings (SSSR count). The zero-order valence-corrected chi connectivity index (χ0v) is 17.9. The van der Waals surface area contributed by atoms with Gasteiger partial charge >= 0.3 is 0 Å². The molecule has 4 heteroatoms. The predicted molar refractivity (Wildman–Crippen MR) is 132 cm³/mol. The number of anilines is 2. The Morgan fingerprint density at radius 3 is 2.25 bits per heavy atom. The van der Waals surface area contributed by atoms with Gasteiger partial charge in [-0.25, -0.2) is 0 Å². The van der Waals surface area contributed by atoms with Crippen molar-refractivity contribution in [1.82, 2.24) is 0 Å². The van der Waals surface area contributed by atoms with Crippen molar-refractivity contribution in [1.29, 1.82) is 0 Å². The predicted octanol–water partition coefficient (Wildman–Crippen LogP) is 6.16. The molecule has 0 fully saturated rings. The number of amides is 2. The van der Waals surface area contributed by atoms with E-state index in [0.717, 1.165) is 22.0 Å². The number of carbonyl (C=O) groups excluding carboxylic acids is 2. The van der Waals surface area contributed by atoms with Crippen molar-refractivity contribution in [2.24, 2.45) is 0 Å².